The summed E-state index contributed by atoms with van der Waals surface area (Å²) in [5, 5.41) is 8.87. The van der Waals surface area contributed by atoms with E-state index in [0.717, 1.165) is 0 Å². The van der Waals surface area contributed by atoms with Crippen molar-refractivity contribution in [1.82, 2.24) is 0 Å². The van der Waals surface area contributed by atoms with Crippen molar-refractivity contribution in [2.45, 2.75) is 19.3 Å². The van der Waals surface area contributed by atoms with Gasteiger partial charge in [-0.25, -0.2) is 0 Å². The second kappa shape index (κ2) is 14.1. The molecule has 0 amide bonds. The standard InChI is InChI=1S/C41H40P2/c1-8-22-36(23-9-1)42(37-24-10-2-11-25-37,38-26-12-3-13-27-38)34-20-7-21-35-43(39-28-14-4-15-29-39,40-30-16-5-17-31-40)41-32-18-6-19-33-41/h1-6,8-19,22-33H,7,20-21,34-35H2/q+2. The van der Waals surface area contributed by atoms with E-state index in [2.05, 4.69) is 182 Å². The highest BCUT2D eigenvalue weighted by Crippen LogP contribution is 2.58. The van der Waals surface area contributed by atoms with Crippen LogP contribution in [0.25, 0.3) is 0 Å². The number of benzene rings is 6. The summed E-state index contributed by atoms with van der Waals surface area (Å²) >= 11 is 0. The summed E-state index contributed by atoms with van der Waals surface area (Å²) in [4.78, 5) is 0. The van der Waals surface area contributed by atoms with Crippen molar-refractivity contribution in [3.05, 3.63) is 182 Å². The molecule has 6 aromatic rings. The lowest BCUT2D eigenvalue weighted by Gasteiger charge is -2.29. The Morgan fingerprint density at radius 2 is 0.419 bits per heavy atom. The Bertz CT molecular complexity index is 1330. The Kier molecular flexibility index (Phi) is 9.60. The van der Waals surface area contributed by atoms with Gasteiger partial charge in [-0.1, -0.05) is 109 Å². The van der Waals surface area contributed by atoms with Gasteiger partial charge in [0.1, 0.15) is 46.4 Å². The summed E-state index contributed by atoms with van der Waals surface area (Å²) in [7, 11) is -3.60. The number of rotatable bonds is 12. The molecule has 0 bridgehead atoms. The second-order valence-electron chi connectivity index (χ2n) is 11.1. The largest absolute Gasteiger partial charge is 0.112 e. The maximum absolute atomic E-state index is 2.37. The zero-order valence-electron chi connectivity index (χ0n) is 24.8. The summed E-state index contributed by atoms with van der Waals surface area (Å²) < 4.78 is 0. The van der Waals surface area contributed by atoms with Crippen LogP contribution in [0.15, 0.2) is 182 Å². The van der Waals surface area contributed by atoms with E-state index in [1.165, 1.54) is 63.4 Å². The van der Waals surface area contributed by atoms with Crippen molar-refractivity contribution in [3.63, 3.8) is 0 Å². The van der Waals surface area contributed by atoms with E-state index in [4.69, 9.17) is 0 Å². The molecule has 0 aliphatic heterocycles. The highest BCUT2D eigenvalue weighted by Gasteiger charge is 2.46. The molecule has 2 heteroatoms. The maximum atomic E-state index is 2.37. The van der Waals surface area contributed by atoms with Crippen LogP contribution in [0.4, 0.5) is 0 Å². The van der Waals surface area contributed by atoms with Crippen LogP contribution in [0.5, 0.6) is 0 Å². The Morgan fingerprint density at radius 1 is 0.233 bits per heavy atom. The van der Waals surface area contributed by atoms with Gasteiger partial charge in [-0.05, 0) is 92.1 Å². The lowest BCUT2D eigenvalue weighted by atomic mass is 10.3. The molecule has 0 aliphatic rings. The van der Waals surface area contributed by atoms with E-state index in [1.54, 1.807) is 0 Å². The fourth-order valence-electron chi connectivity index (χ4n) is 6.64. The van der Waals surface area contributed by atoms with Crippen LogP contribution in [0.3, 0.4) is 0 Å². The van der Waals surface area contributed by atoms with Gasteiger partial charge in [0.15, 0.2) is 0 Å². The van der Waals surface area contributed by atoms with Crippen molar-refractivity contribution < 1.29 is 0 Å². The van der Waals surface area contributed by atoms with Crippen molar-refractivity contribution in [2.75, 3.05) is 12.3 Å². The van der Waals surface area contributed by atoms with Crippen molar-refractivity contribution in [2.24, 2.45) is 0 Å². The molecule has 0 aromatic heterocycles. The Hall–Kier alpha value is -3.82. The first-order valence-corrected chi connectivity index (χ1v) is 19.4. The van der Waals surface area contributed by atoms with Gasteiger partial charge >= 0.3 is 0 Å². The summed E-state index contributed by atoms with van der Waals surface area (Å²) in [6.07, 6.45) is 5.97. The predicted octanol–water partition coefficient (Wildman–Crippen LogP) is 8.14. The molecule has 0 radical (unpaired) electrons. The van der Waals surface area contributed by atoms with E-state index >= 15 is 0 Å². The zero-order chi connectivity index (χ0) is 29.2. The van der Waals surface area contributed by atoms with Crippen LogP contribution in [-0.4, -0.2) is 12.3 Å². The molecule has 6 aromatic carbocycles. The molecule has 0 N–H and O–H groups in total. The van der Waals surface area contributed by atoms with Crippen molar-refractivity contribution >= 4 is 46.4 Å². The molecule has 0 saturated carbocycles. The molecule has 0 atom stereocenters. The van der Waals surface area contributed by atoms with Crippen LogP contribution in [-0.2, 0) is 0 Å². The first-order valence-electron chi connectivity index (χ1n) is 15.4. The first kappa shape index (κ1) is 29.3. The van der Waals surface area contributed by atoms with Crippen molar-refractivity contribution in [3.8, 4) is 0 Å². The normalized spacial score (nSPS) is 11.7. The lowest BCUT2D eigenvalue weighted by Crippen LogP contribution is -2.34. The average molecular weight is 595 g/mol. The minimum atomic E-state index is -1.80. The molecular weight excluding hydrogens is 554 g/mol. The summed E-state index contributed by atoms with van der Waals surface area (Å²) in [6.45, 7) is 0. The van der Waals surface area contributed by atoms with E-state index in [1.807, 2.05) is 0 Å². The third-order valence-electron chi connectivity index (χ3n) is 8.67. The topological polar surface area (TPSA) is 0 Å². The predicted molar refractivity (Wildman–Crippen MR) is 194 cm³/mol. The van der Waals surface area contributed by atoms with Gasteiger partial charge < -0.3 is 0 Å². The number of hydrogen-bond acceptors (Lipinski definition) is 0. The van der Waals surface area contributed by atoms with Gasteiger partial charge in [0.2, 0.25) is 0 Å². The SMILES string of the molecule is c1ccc([P+](CCCCC[P+](c2ccccc2)(c2ccccc2)c2ccccc2)(c2ccccc2)c2ccccc2)cc1. The lowest BCUT2D eigenvalue weighted by molar-refractivity contribution is 0.780. The molecule has 0 fully saturated rings. The molecule has 0 unspecified atom stereocenters. The highest BCUT2D eigenvalue weighted by atomic mass is 31.2. The molecule has 212 valence electrons. The van der Waals surface area contributed by atoms with Gasteiger partial charge in [0.05, 0.1) is 12.3 Å². The third kappa shape index (κ3) is 6.15. The summed E-state index contributed by atoms with van der Waals surface area (Å²) in [5.74, 6) is 0. The van der Waals surface area contributed by atoms with Crippen LogP contribution in [0, 0.1) is 0 Å². The fourth-order valence-corrected chi connectivity index (χ4v) is 15.5. The molecule has 6 rings (SSSR count). The summed E-state index contributed by atoms with van der Waals surface area (Å²) in [5.41, 5.74) is 0. The van der Waals surface area contributed by atoms with E-state index in [0.29, 0.717) is 0 Å². The Balaban J connectivity index is 1.33. The van der Waals surface area contributed by atoms with Gasteiger partial charge in [0, 0.05) is 0 Å². The van der Waals surface area contributed by atoms with Gasteiger partial charge in [-0.15, -0.1) is 0 Å². The zero-order valence-corrected chi connectivity index (χ0v) is 26.5. The number of unbranched alkanes of at least 4 members (excludes halogenated alkanes) is 2. The monoisotopic (exact) mass is 594 g/mol. The average Bonchev–Trinajstić information content (AvgIpc) is 3.11. The first-order chi connectivity index (χ1) is 21.3. The minimum absolute atomic E-state index is 1.18. The van der Waals surface area contributed by atoms with Crippen LogP contribution < -0.4 is 31.8 Å². The minimum Gasteiger partial charge on any atom is -0.0620 e. The van der Waals surface area contributed by atoms with E-state index < -0.39 is 14.5 Å². The van der Waals surface area contributed by atoms with Gasteiger partial charge in [-0.2, -0.15) is 0 Å². The van der Waals surface area contributed by atoms with Gasteiger partial charge in [0.25, 0.3) is 0 Å². The quantitative estimate of drug-likeness (QED) is 0.0991. The highest BCUT2D eigenvalue weighted by molar-refractivity contribution is 7.96. The maximum Gasteiger partial charge on any atom is 0.112 e. The molecule has 0 saturated heterocycles. The smallest absolute Gasteiger partial charge is 0.0620 e. The molecule has 0 nitrogen and oxygen atoms in total. The molecular formula is C41H40P2+2. The molecule has 0 heterocycles. The van der Waals surface area contributed by atoms with Crippen LogP contribution in [0.2, 0.25) is 0 Å². The molecule has 0 aliphatic carbocycles. The number of hydrogen-bond donors (Lipinski definition) is 0. The van der Waals surface area contributed by atoms with E-state index in [-0.39, 0.29) is 0 Å². The Morgan fingerprint density at radius 3 is 0.605 bits per heavy atom. The van der Waals surface area contributed by atoms with Crippen molar-refractivity contribution in [1.29, 1.82) is 0 Å². The molecule has 0 spiro atoms. The summed E-state index contributed by atoms with van der Waals surface area (Å²) in [6, 6.07) is 67.9. The molecule has 43 heavy (non-hydrogen) atoms. The fraction of sp³-hybridized carbons (Fsp3) is 0.122. The Labute approximate surface area is 259 Å². The van der Waals surface area contributed by atoms with Gasteiger partial charge in [-0.3, -0.25) is 0 Å². The second-order valence-corrected chi connectivity index (χ2v) is 18.4. The van der Waals surface area contributed by atoms with Crippen LogP contribution >= 0.6 is 14.5 Å². The van der Waals surface area contributed by atoms with E-state index in [9.17, 15) is 0 Å². The third-order valence-corrected chi connectivity index (χ3v) is 17.7. The van der Waals surface area contributed by atoms with Crippen LogP contribution in [0.1, 0.15) is 19.3 Å².